The quantitative estimate of drug-likeness (QED) is 0.807. The van der Waals surface area contributed by atoms with Crippen LogP contribution in [-0.4, -0.2) is 43.3 Å². The second-order valence-corrected chi connectivity index (χ2v) is 5.53. The van der Waals surface area contributed by atoms with Crippen LogP contribution in [0.25, 0.3) is 0 Å². The van der Waals surface area contributed by atoms with Gasteiger partial charge in [0, 0.05) is 19.1 Å². The summed E-state index contributed by atoms with van der Waals surface area (Å²) in [6, 6.07) is 10.4. The van der Waals surface area contributed by atoms with Crippen LogP contribution in [0, 0.1) is 11.3 Å². The number of hydrogen-bond donors (Lipinski definition) is 0. The first-order chi connectivity index (χ1) is 10.2. The van der Waals surface area contributed by atoms with E-state index in [1.54, 1.807) is 0 Å². The summed E-state index contributed by atoms with van der Waals surface area (Å²) in [5, 5.41) is 8.65. The van der Waals surface area contributed by atoms with Crippen molar-refractivity contribution < 1.29 is 9.47 Å². The largest absolute Gasteiger partial charge is 0.492 e. The lowest BCUT2D eigenvalue weighted by molar-refractivity contribution is -0.0586. The van der Waals surface area contributed by atoms with Crippen LogP contribution in [0.1, 0.15) is 25.8 Å². The fourth-order valence-corrected chi connectivity index (χ4v) is 2.64. The smallest absolute Gasteiger partial charge is 0.119 e. The molecule has 1 fully saturated rings. The van der Waals surface area contributed by atoms with Crippen molar-refractivity contribution in [3.8, 4) is 11.8 Å². The number of rotatable bonds is 6. The van der Waals surface area contributed by atoms with Gasteiger partial charge in [-0.05, 0) is 31.0 Å². The Labute approximate surface area is 127 Å². The van der Waals surface area contributed by atoms with Crippen molar-refractivity contribution in [2.45, 2.75) is 38.8 Å². The van der Waals surface area contributed by atoms with Crippen LogP contribution in [-0.2, 0) is 11.2 Å². The standard InChI is InChI=1S/C17H24N2O2/c1-3-16-13-21-14(2)12-19(16)10-11-20-17-6-4-15(5-7-17)8-9-18/h4-7,14,16H,3,8,10-13H2,1-2H3. The van der Waals surface area contributed by atoms with Crippen LogP contribution >= 0.6 is 0 Å². The summed E-state index contributed by atoms with van der Waals surface area (Å²) in [6.07, 6.45) is 1.86. The van der Waals surface area contributed by atoms with Crippen molar-refractivity contribution in [1.82, 2.24) is 4.90 Å². The zero-order valence-corrected chi connectivity index (χ0v) is 12.9. The summed E-state index contributed by atoms with van der Waals surface area (Å²) >= 11 is 0. The number of nitrogens with zero attached hydrogens (tertiary/aromatic N) is 2. The molecular weight excluding hydrogens is 264 g/mol. The average Bonchev–Trinajstić information content (AvgIpc) is 2.50. The van der Waals surface area contributed by atoms with Crippen LogP contribution in [0.4, 0.5) is 0 Å². The maximum absolute atomic E-state index is 8.65. The molecule has 0 aliphatic carbocycles. The number of morpholine rings is 1. The van der Waals surface area contributed by atoms with E-state index in [1.165, 1.54) is 0 Å². The van der Waals surface area contributed by atoms with E-state index in [4.69, 9.17) is 14.7 Å². The molecule has 0 N–H and O–H groups in total. The average molecular weight is 288 g/mol. The Bertz CT molecular complexity index is 467. The highest BCUT2D eigenvalue weighted by Gasteiger charge is 2.24. The molecular formula is C17H24N2O2. The van der Waals surface area contributed by atoms with Gasteiger partial charge in [0.15, 0.2) is 0 Å². The van der Waals surface area contributed by atoms with Gasteiger partial charge in [0.25, 0.3) is 0 Å². The summed E-state index contributed by atoms with van der Waals surface area (Å²) in [6.45, 7) is 7.72. The van der Waals surface area contributed by atoms with E-state index in [-0.39, 0.29) is 0 Å². The Morgan fingerprint density at radius 2 is 2.14 bits per heavy atom. The monoisotopic (exact) mass is 288 g/mol. The highest BCUT2D eigenvalue weighted by atomic mass is 16.5. The van der Waals surface area contributed by atoms with Gasteiger partial charge >= 0.3 is 0 Å². The van der Waals surface area contributed by atoms with Crippen LogP contribution < -0.4 is 4.74 Å². The molecule has 114 valence electrons. The van der Waals surface area contributed by atoms with Crippen molar-refractivity contribution >= 4 is 0 Å². The minimum absolute atomic E-state index is 0.304. The molecule has 4 nitrogen and oxygen atoms in total. The summed E-state index contributed by atoms with van der Waals surface area (Å²) in [5.74, 6) is 0.867. The van der Waals surface area contributed by atoms with Gasteiger partial charge in [-0.25, -0.2) is 0 Å². The fraction of sp³-hybridized carbons (Fsp3) is 0.588. The van der Waals surface area contributed by atoms with Gasteiger partial charge in [-0.2, -0.15) is 5.26 Å². The first-order valence-corrected chi connectivity index (χ1v) is 7.67. The molecule has 1 aromatic carbocycles. The van der Waals surface area contributed by atoms with Crippen LogP contribution in [0.2, 0.25) is 0 Å². The Morgan fingerprint density at radius 3 is 2.81 bits per heavy atom. The minimum atomic E-state index is 0.304. The van der Waals surface area contributed by atoms with E-state index < -0.39 is 0 Å². The van der Waals surface area contributed by atoms with E-state index in [1.807, 2.05) is 24.3 Å². The van der Waals surface area contributed by atoms with Crippen molar-refractivity contribution in [1.29, 1.82) is 5.26 Å². The lowest BCUT2D eigenvalue weighted by Gasteiger charge is -2.38. The zero-order chi connectivity index (χ0) is 15.1. The van der Waals surface area contributed by atoms with Gasteiger partial charge in [-0.3, -0.25) is 4.90 Å². The third-order valence-corrected chi connectivity index (χ3v) is 3.91. The molecule has 2 rings (SSSR count). The lowest BCUT2D eigenvalue weighted by atomic mass is 10.1. The van der Waals surface area contributed by atoms with E-state index in [0.717, 1.165) is 37.4 Å². The maximum atomic E-state index is 8.65. The number of nitriles is 1. The van der Waals surface area contributed by atoms with Crippen molar-refractivity contribution in [3.05, 3.63) is 29.8 Å². The molecule has 1 heterocycles. The highest BCUT2D eigenvalue weighted by molar-refractivity contribution is 5.28. The predicted octanol–water partition coefficient (Wildman–Crippen LogP) is 2.63. The van der Waals surface area contributed by atoms with Gasteiger partial charge in [0.1, 0.15) is 12.4 Å². The summed E-state index contributed by atoms with van der Waals surface area (Å²) < 4.78 is 11.5. The molecule has 4 heteroatoms. The third kappa shape index (κ3) is 4.73. The molecule has 0 amide bonds. The fourth-order valence-electron chi connectivity index (χ4n) is 2.64. The second-order valence-electron chi connectivity index (χ2n) is 5.53. The molecule has 1 aliphatic rings. The minimum Gasteiger partial charge on any atom is -0.492 e. The maximum Gasteiger partial charge on any atom is 0.119 e. The number of ether oxygens (including phenoxy) is 2. The molecule has 0 spiro atoms. The molecule has 21 heavy (non-hydrogen) atoms. The first kappa shape index (κ1) is 15.8. The number of hydrogen-bond acceptors (Lipinski definition) is 4. The van der Waals surface area contributed by atoms with Crippen LogP contribution in [0.3, 0.4) is 0 Å². The van der Waals surface area contributed by atoms with Gasteiger partial charge < -0.3 is 9.47 Å². The summed E-state index contributed by atoms with van der Waals surface area (Å²) in [7, 11) is 0. The molecule has 2 unspecified atom stereocenters. The lowest BCUT2D eigenvalue weighted by Crippen LogP contribution is -2.49. The van der Waals surface area contributed by atoms with Crippen molar-refractivity contribution in [2.75, 3.05) is 26.3 Å². The Morgan fingerprint density at radius 1 is 1.38 bits per heavy atom. The Hall–Kier alpha value is -1.57. The van der Waals surface area contributed by atoms with E-state index >= 15 is 0 Å². The predicted molar refractivity (Wildman–Crippen MR) is 82.3 cm³/mol. The Kier molecular flexibility index (Phi) is 6.04. The molecule has 0 aromatic heterocycles. The SMILES string of the molecule is CCC1COC(C)CN1CCOc1ccc(CC#N)cc1. The van der Waals surface area contributed by atoms with E-state index in [9.17, 15) is 0 Å². The van der Waals surface area contributed by atoms with Gasteiger partial charge in [-0.1, -0.05) is 19.1 Å². The van der Waals surface area contributed by atoms with Crippen LogP contribution in [0.15, 0.2) is 24.3 Å². The van der Waals surface area contributed by atoms with Crippen molar-refractivity contribution in [2.24, 2.45) is 0 Å². The molecule has 0 saturated carbocycles. The number of benzene rings is 1. The topological polar surface area (TPSA) is 45.5 Å². The molecule has 0 radical (unpaired) electrons. The first-order valence-electron chi connectivity index (χ1n) is 7.67. The third-order valence-electron chi connectivity index (χ3n) is 3.91. The molecule has 1 aliphatic heterocycles. The van der Waals surface area contributed by atoms with Gasteiger partial charge in [0.05, 0.1) is 25.2 Å². The van der Waals surface area contributed by atoms with Crippen molar-refractivity contribution in [3.63, 3.8) is 0 Å². The highest BCUT2D eigenvalue weighted by Crippen LogP contribution is 2.15. The normalized spacial score (nSPS) is 22.7. The van der Waals surface area contributed by atoms with Gasteiger partial charge in [-0.15, -0.1) is 0 Å². The zero-order valence-electron chi connectivity index (χ0n) is 12.9. The van der Waals surface area contributed by atoms with E-state index in [0.29, 0.717) is 25.2 Å². The molecule has 2 atom stereocenters. The van der Waals surface area contributed by atoms with Gasteiger partial charge in [0.2, 0.25) is 0 Å². The summed E-state index contributed by atoms with van der Waals surface area (Å²) in [4.78, 5) is 2.46. The second kappa shape index (κ2) is 8.02. The molecule has 1 saturated heterocycles. The van der Waals surface area contributed by atoms with E-state index in [2.05, 4.69) is 24.8 Å². The Balaban J connectivity index is 1.78. The molecule has 0 bridgehead atoms. The molecule has 1 aromatic rings. The van der Waals surface area contributed by atoms with Crippen LogP contribution in [0.5, 0.6) is 5.75 Å². The summed E-state index contributed by atoms with van der Waals surface area (Å²) in [5.41, 5.74) is 1.03.